The van der Waals surface area contributed by atoms with E-state index in [0.29, 0.717) is 11.5 Å². The van der Waals surface area contributed by atoms with Crippen LogP contribution in [0.25, 0.3) is 0 Å². The van der Waals surface area contributed by atoms with E-state index >= 15 is 0 Å². The van der Waals surface area contributed by atoms with E-state index in [1.165, 1.54) is 20.3 Å². The fourth-order valence-corrected chi connectivity index (χ4v) is 2.10. The standard InChI is InChI=1S/C17H17FO4/c1-20-15-9-5-6-10-16(15)22-11-13(17(19)21-2)12-7-3-4-8-14(12)18/h3-10,13H,11H2,1-2H3. The molecule has 0 radical (unpaired) electrons. The van der Waals surface area contributed by atoms with Crippen molar-refractivity contribution in [3.63, 3.8) is 0 Å². The van der Waals surface area contributed by atoms with Gasteiger partial charge in [0.2, 0.25) is 0 Å². The van der Waals surface area contributed by atoms with Crippen molar-refractivity contribution in [2.75, 3.05) is 20.8 Å². The quantitative estimate of drug-likeness (QED) is 0.769. The molecule has 0 aliphatic carbocycles. The summed E-state index contributed by atoms with van der Waals surface area (Å²) in [6, 6.07) is 13.1. The summed E-state index contributed by atoms with van der Waals surface area (Å²) in [7, 11) is 2.79. The second kappa shape index (κ2) is 7.45. The third-order valence-electron chi connectivity index (χ3n) is 3.24. The van der Waals surface area contributed by atoms with E-state index < -0.39 is 17.7 Å². The van der Waals surface area contributed by atoms with Crippen molar-refractivity contribution in [1.82, 2.24) is 0 Å². The van der Waals surface area contributed by atoms with Gasteiger partial charge in [-0.3, -0.25) is 4.79 Å². The van der Waals surface area contributed by atoms with Gasteiger partial charge in [-0.1, -0.05) is 30.3 Å². The van der Waals surface area contributed by atoms with Crippen LogP contribution in [-0.4, -0.2) is 26.8 Å². The van der Waals surface area contributed by atoms with Crippen molar-refractivity contribution >= 4 is 5.97 Å². The van der Waals surface area contributed by atoms with Crippen LogP contribution >= 0.6 is 0 Å². The minimum Gasteiger partial charge on any atom is -0.493 e. The summed E-state index contributed by atoms with van der Waals surface area (Å²) in [6.45, 7) is -0.0476. The second-order valence-electron chi connectivity index (χ2n) is 4.56. The number of ether oxygens (including phenoxy) is 3. The Kier molecular flexibility index (Phi) is 5.36. The third-order valence-corrected chi connectivity index (χ3v) is 3.24. The molecule has 2 rings (SSSR count). The molecule has 2 aromatic carbocycles. The molecule has 1 atom stereocenters. The second-order valence-corrected chi connectivity index (χ2v) is 4.56. The maximum absolute atomic E-state index is 13.9. The van der Waals surface area contributed by atoms with Crippen LogP contribution in [0.3, 0.4) is 0 Å². The molecule has 0 aliphatic rings. The van der Waals surface area contributed by atoms with E-state index in [-0.39, 0.29) is 12.2 Å². The van der Waals surface area contributed by atoms with Crippen molar-refractivity contribution in [3.05, 3.63) is 59.9 Å². The lowest BCUT2D eigenvalue weighted by Crippen LogP contribution is -2.22. The number of hydrogen-bond donors (Lipinski definition) is 0. The van der Waals surface area contributed by atoms with Gasteiger partial charge in [-0.15, -0.1) is 0 Å². The van der Waals surface area contributed by atoms with E-state index in [1.54, 1.807) is 42.5 Å². The van der Waals surface area contributed by atoms with Crippen LogP contribution in [0.15, 0.2) is 48.5 Å². The van der Waals surface area contributed by atoms with Crippen molar-refractivity contribution < 1.29 is 23.4 Å². The normalized spacial score (nSPS) is 11.6. The number of esters is 1. The lowest BCUT2D eigenvalue weighted by Gasteiger charge is -2.17. The van der Waals surface area contributed by atoms with E-state index in [2.05, 4.69) is 0 Å². The Morgan fingerprint density at radius 1 is 1.05 bits per heavy atom. The predicted octanol–water partition coefficient (Wildman–Crippen LogP) is 3.17. The molecule has 116 valence electrons. The molecular formula is C17H17FO4. The molecule has 0 heterocycles. The van der Waals surface area contributed by atoms with Crippen molar-refractivity contribution in [2.45, 2.75) is 5.92 Å². The lowest BCUT2D eigenvalue weighted by molar-refractivity contribution is -0.143. The first-order valence-corrected chi connectivity index (χ1v) is 6.75. The third kappa shape index (κ3) is 3.55. The molecule has 0 aromatic heterocycles. The van der Waals surface area contributed by atoms with E-state index in [0.717, 1.165) is 0 Å². The highest BCUT2D eigenvalue weighted by molar-refractivity contribution is 5.78. The molecule has 1 unspecified atom stereocenters. The summed E-state index contributed by atoms with van der Waals surface area (Å²) < 4.78 is 29.5. The number of carbonyl (C=O) groups is 1. The summed E-state index contributed by atoms with van der Waals surface area (Å²) >= 11 is 0. The average molecular weight is 304 g/mol. The van der Waals surface area contributed by atoms with Gasteiger partial charge in [0, 0.05) is 5.56 Å². The molecule has 0 aliphatic heterocycles. The minimum absolute atomic E-state index is 0.0476. The van der Waals surface area contributed by atoms with Gasteiger partial charge in [0.05, 0.1) is 14.2 Å². The van der Waals surface area contributed by atoms with Crippen LogP contribution in [0.4, 0.5) is 4.39 Å². The fraction of sp³-hybridized carbons (Fsp3) is 0.235. The highest BCUT2D eigenvalue weighted by Gasteiger charge is 2.25. The number of carbonyl (C=O) groups excluding carboxylic acids is 1. The smallest absolute Gasteiger partial charge is 0.316 e. The zero-order chi connectivity index (χ0) is 15.9. The van der Waals surface area contributed by atoms with E-state index in [4.69, 9.17) is 14.2 Å². The molecule has 0 saturated heterocycles. The zero-order valence-corrected chi connectivity index (χ0v) is 12.4. The monoisotopic (exact) mass is 304 g/mol. The van der Waals surface area contributed by atoms with Crippen LogP contribution in [0.1, 0.15) is 11.5 Å². The first-order chi connectivity index (χ1) is 10.7. The number of rotatable bonds is 6. The minimum atomic E-state index is -0.851. The van der Waals surface area contributed by atoms with Crippen LogP contribution in [0, 0.1) is 5.82 Å². The van der Waals surface area contributed by atoms with Crippen molar-refractivity contribution in [3.8, 4) is 11.5 Å². The molecule has 0 fully saturated rings. The summed E-state index contributed by atoms with van der Waals surface area (Å²) in [6.07, 6.45) is 0. The molecule has 0 N–H and O–H groups in total. The molecule has 22 heavy (non-hydrogen) atoms. The zero-order valence-electron chi connectivity index (χ0n) is 12.4. The van der Waals surface area contributed by atoms with Crippen LogP contribution in [-0.2, 0) is 9.53 Å². The Hall–Kier alpha value is -2.56. The number of para-hydroxylation sites is 2. The first kappa shape index (κ1) is 15.8. The summed E-state index contributed by atoms with van der Waals surface area (Å²) in [4.78, 5) is 11.9. The molecule has 5 heteroatoms. The molecular weight excluding hydrogens is 287 g/mol. The summed E-state index contributed by atoms with van der Waals surface area (Å²) in [5, 5.41) is 0. The summed E-state index contributed by atoms with van der Waals surface area (Å²) in [5.74, 6) is -0.854. The highest BCUT2D eigenvalue weighted by atomic mass is 19.1. The van der Waals surface area contributed by atoms with Crippen molar-refractivity contribution in [2.24, 2.45) is 0 Å². The highest BCUT2D eigenvalue weighted by Crippen LogP contribution is 2.28. The van der Waals surface area contributed by atoms with Gasteiger partial charge in [-0.2, -0.15) is 0 Å². The fourth-order valence-electron chi connectivity index (χ4n) is 2.10. The van der Waals surface area contributed by atoms with Gasteiger partial charge in [0.15, 0.2) is 11.5 Å². The topological polar surface area (TPSA) is 44.8 Å². The Morgan fingerprint density at radius 3 is 2.32 bits per heavy atom. The van der Waals surface area contributed by atoms with Gasteiger partial charge >= 0.3 is 5.97 Å². The maximum atomic E-state index is 13.9. The average Bonchev–Trinajstić information content (AvgIpc) is 2.56. The number of halogens is 1. The van der Waals surface area contributed by atoms with E-state index in [9.17, 15) is 9.18 Å². The number of methoxy groups -OCH3 is 2. The van der Waals surface area contributed by atoms with Gasteiger partial charge in [-0.05, 0) is 18.2 Å². The Balaban J connectivity index is 2.21. The maximum Gasteiger partial charge on any atom is 0.316 e. The Labute approximate surface area is 128 Å². The predicted molar refractivity (Wildman–Crippen MR) is 79.6 cm³/mol. The van der Waals surface area contributed by atoms with Crippen LogP contribution < -0.4 is 9.47 Å². The molecule has 4 nitrogen and oxygen atoms in total. The Morgan fingerprint density at radius 2 is 1.68 bits per heavy atom. The number of hydrogen-bond acceptors (Lipinski definition) is 4. The van der Waals surface area contributed by atoms with Crippen LogP contribution in [0.2, 0.25) is 0 Å². The Bertz CT molecular complexity index is 642. The first-order valence-electron chi connectivity index (χ1n) is 6.75. The molecule has 0 bridgehead atoms. The van der Waals surface area contributed by atoms with Gasteiger partial charge in [0.1, 0.15) is 18.3 Å². The lowest BCUT2D eigenvalue weighted by atomic mass is 9.99. The molecule has 0 saturated carbocycles. The molecule has 2 aromatic rings. The SMILES string of the molecule is COC(=O)C(COc1ccccc1OC)c1ccccc1F. The molecule has 0 spiro atoms. The largest absolute Gasteiger partial charge is 0.493 e. The number of benzene rings is 2. The van der Waals surface area contributed by atoms with Crippen molar-refractivity contribution in [1.29, 1.82) is 0 Å². The van der Waals surface area contributed by atoms with Gasteiger partial charge in [-0.25, -0.2) is 4.39 Å². The van der Waals surface area contributed by atoms with E-state index in [1.807, 2.05) is 0 Å². The van der Waals surface area contributed by atoms with Crippen LogP contribution in [0.5, 0.6) is 11.5 Å². The summed E-state index contributed by atoms with van der Waals surface area (Å²) in [5.41, 5.74) is 0.240. The van der Waals surface area contributed by atoms with Gasteiger partial charge < -0.3 is 14.2 Å². The molecule has 0 amide bonds. The van der Waals surface area contributed by atoms with Gasteiger partial charge in [0.25, 0.3) is 0 Å².